The van der Waals surface area contributed by atoms with Gasteiger partial charge in [0.2, 0.25) is 0 Å². The summed E-state index contributed by atoms with van der Waals surface area (Å²) in [6.07, 6.45) is 5.25. The number of carbonyl (C=O) groups is 2. The van der Waals surface area contributed by atoms with Crippen LogP contribution in [-0.4, -0.2) is 36.9 Å². The summed E-state index contributed by atoms with van der Waals surface area (Å²) in [5, 5.41) is 8.94. The summed E-state index contributed by atoms with van der Waals surface area (Å²) in [6.45, 7) is 11.1. The number of aliphatic hydroxyl groups is 1. The molecule has 42 heavy (non-hydrogen) atoms. The fourth-order valence-electron chi connectivity index (χ4n) is 5.27. The fraction of sp³-hybridized carbons (Fsp3) is 0.405. The lowest BCUT2D eigenvalue weighted by Gasteiger charge is -2.19. The summed E-state index contributed by atoms with van der Waals surface area (Å²) in [6, 6.07) is 19.6. The van der Waals surface area contributed by atoms with Crippen LogP contribution in [0.1, 0.15) is 80.4 Å². The van der Waals surface area contributed by atoms with Crippen LogP contribution in [0.4, 0.5) is 0 Å². The number of benzene rings is 3. The third-order valence-corrected chi connectivity index (χ3v) is 7.17. The van der Waals surface area contributed by atoms with Crippen molar-refractivity contribution in [2.75, 3.05) is 13.7 Å². The Morgan fingerprint density at radius 2 is 1.52 bits per heavy atom. The number of carbonyl (C=O) groups excluding carboxylic acids is 2. The number of fused-ring (bicyclic) bond motifs is 1. The van der Waals surface area contributed by atoms with Gasteiger partial charge in [0.15, 0.2) is 0 Å². The zero-order valence-electron chi connectivity index (χ0n) is 25.8. The fourth-order valence-corrected chi connectivity index (χ4v) is 5.27. The van der Waals surface area contributed by atoms with Crippen LogP contribution >= 0.6 is 0 Å². The van der Waals surface area contributed by atoms with E-state index in [-0.39, 0.29) is 12.6 Å². The molecular weight excluding hydrogens is 524 g/mol. The van der Waals surface area contributed by atoms with Gasteiger partial charge in [-0.15, -0.1) is 0 Å². The Hall–Kier alpha value is -3.88. The second-order valence-corrected chi connectivity index (χ2v) is 11.8. The van der Waals surface area contributed by atoms with Crippen LogP contribution in [0.5, 0.6) is 0 Å². The van der Waals surface area contributed by atoms with E-state index in [4.69, 9.17) is 14.6 Å². The van der Waals surface area contributed by atoms with Crippen molar-refractivity contribution < 1.29 is 24.2 Å². The van der Waals surface area contributed by atoms with Gasteiger partial charge in [-0.1, -0.05) is 75.4 Å². The van der Waals surface area contributed by atoms with Gasteiger partial charge in [-0.2, -0.15) is 0 Å². The number of esters is 2. The summed E-state index contributed by atoms with van der Waals surface area (Å²) >= 11 is 0. The standard InChI is InChI=1S/C36H40O4.CH4O/c1-24(2)18-29(19-25(3)4)13-15-33-22-34(40-36(33)38)23-39-35(37)32-17-16-30-20-28(12-14-31(30)21-32)11-10-27-8-6-26(5)7-9-27;1-2/h6-9,12,14-17,20-21,24-25,29,34H,13,18-19,22-23H2,1-5H3;2H,1H3/b33-15+;. The highest BCUT2D eigenvalue weighted by atomic mass is 16.6. The first-order chi connectivity index (χ1) is 20.2. The molecule has 0 saturated carbocycles. The zero-order valence-corrected chi connectivity index (χ0v) is 25.8. The summed E-state index contributed by atoms with van der Waals surface area (Å²) in [5.74, 6) is 7.50. The number of hydrogen-bond acceptors (Lipinski definition) is 5. The van der Waals surface area contributed by atoms with E-state index in [1.165, 1.54) is 5.56 Å². The van der Waals surface area contributed by atoms with Gasteiger partial charge in [0.25, 0.3) is 0 Å². The lowest BCUT2D eigenvalue weighted by Crippen LogP contribution is -2.18. The van der Waals surface area contributed by atoms with E-state index in [2.05, 4.69) is 58.6 Å². The molecule has 1 aliphatic rings. The largest absolute Gasteiger partial charge is 0.458 e. The molecule has 1 unspecified atom stereocenters. The van der Waals surface area contributed by atoms with Crippen LogP contribution in [0.15, 0.2) is 72.3 Å². The number of hydrogen-bond donors (Lipinski definition) is 1. The van der Waals surface area contributed by atoms with E-state index in [0.717, 1.165) is 48.3 Å². The van der Waals surface area contributed by atoms with E-state index < -0.39 is 12.1 Å². The van der Waals surface area contributed by atoms with Gasteiger partial charge in [-0.3, -0.25) is 0 Å². The van der Waals surface area contributed by atoms with Crippen LogP contribution in [0, 0.1) is 36.5 Å². The quantitative estimate of drug-likeness (QED) is 0.163. The van der Waals surface area contributed by atoms with Crippen LogP contribution in [-0.2, 0) is 14.3 Å². The average Bonchev–Trinajstić information content (AvgIpc) is 3.33. The van der Waals surface area contributed by atoms with Gasteiger partial charge in [-0.05, 0) is 91.1 Å². The van der Waals surface area contributed by atoms with E-state index in [0.29, 0.717) is 35.3 Å². The first-order valence-corrected chi connectivity index (χ1v) is 14.8. The lowest BCUT2D eigenvalue weighted by atomic mass is 9.86. The van der Waals surface area contributed by atoms with Crippen molar-refractivity contribution in [1.29, 1.82) is 0 Å². The van der Waals surface area contributed by atoms with Crippen LogP contribution in [0.2, 0.25) is 0 Å². The highest BCUT2D eigenvalue weighted by Gasteiger charge is 2.30. The molecular formula is C37H44O5. The molecule has 0 aliphatic carbocycles. The molecule has 0 bridgehead atoms. The van der Waals surface area contributed by atoms with Crippen molar-refractivity contribution in [3.05, 3.63) is 94.6 Å². The third kappa shape index (κ3) is 9.89. The van der Waals surface area contributed by atoms with Crippen molar-refractivity contribution in [3.8, 4) is 11.8 Å². The predicted molar refractivity (Wildman–Crippen MR) is 169 cm³/mol. The molecule has 0 aromatic heterocycles. The maximum absolute atomic E-state index is 12.8. The number of aryl methyl sites for hydroxylation is 1. The van der Waals surface area contributed by atoms with Gasteiger partial charge in [0, 0.05) is 30.2 Å². The molecule has 1 atom stereocenters. The summed E-state index contributed by atoms with van der Waals surface area (Å²) in [5.41, 5.74) is 4.26. The number of ether oxygens (including phenoxy) is 2. The number of cyclic esters (lactones) is 1. The predicted octanol–water partition coefficient (Wildman–Crippen LogP) is 7.65. The molecule has 0 radical (unpaired) electrons. The van der Waals surface area contributed by atoms with Crippen LogP contribution in [0.25, 0.3) is 10.8 Å². The van der Waals surface area contributed by atoms with E-state index >= 15 is 0 Å². The van der Waals surface area contributed by atoms with Crippen LogP contribution in [0.3, 0.4) is 0 Å². The summed E-state index contributed by atoms with van der Waals surface area (Å²) in [4.78, 5) is 25.2. The SMILES string of the molecule is CO.Cc1ccc(C#Cc2ccc3cc(C(=O)OCC4C/C(=C\CC(CC(C)C)CC(C)C)C(=O)O4)ccc3c2)cc1. The highest BCUT2D eigenvalue weighted by molar-refractivity contribution is 5.96. The molecule has 5 heteroatoms. The van der Waals surface area contributed by atoms with Crippen molar-refractivity contribution in [2.24, 2.45) is 17.8 Å². The first-order valence-electron chi connectivity index (χ1n) is 14.8. The summed E-state index contributed by atoms with van der Waals surface area (Å²) < 4.78 is 11.0. The minimum absolute atomic E-state index is 0.0505. The van der Waals surface area contributed by atoms with Crippen molar-refractivity contribution >= 4 is 22.7 Å². The van der Waals surface area contributed by atoms with Crippen molar-refractivity contribution in [2.45, 2.75) is 66.4 Å². The zero-order chi connectivity index (χ0) is 30.6. The number of rotatable bonds is 9. The third-order valence-electron chi connectivity index (χ3n) is 7.17. The normalized spacial score (nSPS) is 15.4. The average molecular weight is 569 g/mol. The molecule has 4 rings (SSSR count). The number of aliphatic hydroxyl groups excluding tert-OH is 1. The molecule has 3 aromatic carbocycles. The second kappa shape index (κ2) is 15.9. The molecule has 0 spiro atoms. The molecule has 1 N–H and O–H groups in total. The Morgan fingerprint density at radius 1 is 0.929 bits per heavy atom. The van der Waals surface area contributed by atoms with E-state index in [9.17, 15) is 9.59 Å². The second-order valence-electron chi connectivity index (χ2n) is 11.8. The van der Waals surface area contributed by atoms with Gasteiger partial charge in [0.05, 0.1) is 5.56 Å². The maximum Gasteiger partial charge on any atom is 0.338 e. The molecule has 1 heterocycles. The minimum atomic E-state index is -0.438. The minimum Gasteiger partial charge on any atom is -0.458 e. The molecule has 0 amide bonds. The molecule has 5 nitrogen and oxygen atoms in total. The molecule has 1 aliphatic heterocycles. The maximum atomic E-state index is 12.8. The van der Waals surface area contributed by atoms with Crippen molar-refractivity contribution in [3.63, 3.8) is 0 Å². The van der Waals surface area contributed by atoms with E-state index in [1.54, 1.807) is 6.07 Å². The smallest absolute Gasteiger partial charge is 0.338 e. The number of allylic oxidation sites excluding steroid dienone is 1. The molecule has 3 aromatic rings. The molecule has 222 valence electrons. The Balaban J connectivity index is 0.00000237. The lowest BCUT2D eigenvalue weighted by molar-refractivity contribution is -0.140. The Morgan fingerprint density at radius 3 is 2.19 bits per heavy atom. The highest BCUT2D eigenvalue weighted by Crippen LogP contribution is 2.27. The Labute approximate surface area is 250 Å². The molecule has 1 saturated heterocycles. The van der Waals surface area contributed by atoms with Gasteiger partial charge in [-0.25, -0.2) is 9.59 Å². The molecule has 1 fully saturated rings. The first kappa shape index (κ1) is 32.6. The topological polar surface area (TPSA) is 72.8 Å². The monoisotopic (exact) mass is 568 g/mol. The Bertz CT molecular complexity index is 1430. The van der Waals surface area contributed by atoms with Crippen molar-refractivity contribution in [1.82, 2.24) is 0 Å². The van der Waals surface area contributed by atoms with Gasteiger partial charge < -0.3 is 14.6 Å². The Kier molecular flexibility index (Phi) is 12.4. The van der Waals surface area contributed by atoms with Gasteiger partial charge in [0.1, 0.15) is 12.7 Å². The van der Waals surface area contributed by atoms with Crippen LogP contribution < -0.4 is 0 Å². The van der Waals surface area contributed by atoms with Gasteiger partial charge >= 0.3 is 11.9 Å². The van der Waals surface area contributed by atoms with E-state index in [1.807, 2.05) is 48.5 Å². The summed E-state index contributed by atoms with van der Waals surface area (Å²) in [7, 11) is 1.00.